The van der Waals surface area contributed by atoms with Crippen molar-refractivity contribution in [2.24, 2.45) is 0 Å². The number of esters is 1. The Bertz CT molecular complexity index is 252. The average Bonchev–Trinajstić information content (AvgIpc) is 1.99. The van der Waals surface area contributed by atoms with Crippen LogP contribution >= 0.6 is 7.82 Å². The summed E-state index contributed by atoms with van der Waals surface area (Å²) in [6.07, 6.45) is 0.679. The van der Waals surface area contributed by atoms with Crippen LogP contribution in [-0.4, -0.2) is 22.4 Å². The first-order valence-corrected chi connectivity index (χ1v) is 4.97. The standard InChI is InChI=1S/C6H11O6P/c1-3-11-6(7)5(2)4-12-13(8,9)10/h4H,3H2,1-2H3,(H2,8,9,10). The van der Waals surface area contributed by atoms with Crippen LogP contribution in [0.5, 0.6) is 0 Å². The van der Waals surface area contributed by atoms with Gasteiger partial charge in [-0.05, 0) is 13.8 Å². The molecule has 0 aromatic carbocycles. The first kappa shape index (κ1) is 12.2. The third-order valence-corrected chi connectivity index (χ3v) is 1.34. The minimum atomic E-state index is -4.56. The van der Waals surface area contributed by atoms with E-state index in [4.69, 9.17) is 9.79 Å². The number of carbonyl (C=O) groups is 1. The van der Waals surface area contributed by atoms with E-state index in [-0.39, 0.29) is 12.2 Å². The van der Waals surface area contributed by atoms with E-state index in [2.05, 4.69) is 9.26 Å². The summed E-state index contributed by atoms with van der Waals surface area (Å²) in [7, 11) is -4.56. The van der Waals surface area contributed by atoms with Crippen LogP contribution in [0, 0.1) is 0 Å². The van der Waals surface area contributed by atoms with Crippen LogP contribution in [0.2, 0.25) is 0 Å². The number of rotatable bonds is 4. The van der Waals surface area contributed by atoms with Crippen molar-refractivity contribution in [1.82, 2.24) is 0 Å². The largest absolute Gasteiger partial charge is 0.524 e. The Labute approximate surface area is 75.4 Å². The van der Waals surface area contributed by atoms with Gasteiger partial charge in [0.05, 0.1) is 12.2 Å². The molecule has 0 amide bonds. The molecule has 0 aliphatic heterocycles. The highest BCUT2D eigenvalue weighted by molar-refractivity contribution is 7.46. The Morgan fingerprint density at radius 2 is 2.08 bits per heavy atom. The first-order valence-electron chi connectivity index (χ1n) is 3.44. The van der Waals surface area contributed by atoms with E-state index < -0.39 is 13.8 Å². The fraction of sp³-hybridized carbons (Fsp3) is 0.500. The fourth-order valence-corrected chi connectivity index (χ4v) is 0.736. The van der Waals surface area contributed by atoms with Crippen LogP contribution in [0.25, 0.3) is 0 Å². The maximum atomic E-state index is 10.8. The summed E-state index contributed by atoms with van der Waals surface area (Å²) >= 11 is 0. The quantitative estimate of drug-likeness (QED) is 0.305. The number of hydrogen-bond acceptors (Lipinski definition) is 4. The minimum Gasteiger partial charge on any atom is -0.463 e. The van der Waals surface area contributed by atoms with Gasteiger partial charge in [-0.1, -0.05) is 0 Å². The molecule has 0 fully saturated rings. The normalized spacial score (nSPS) is 12.5. The van der Waals surface area contributed by atoms with Gasteiger partial charge in [0.2, 0.25) is 0 Å². The number of hydrogen-bond donors (Lipinski definition) is 2. The molecule has 0 spiro atoms. The highest BCUT2D eigenvalue weighted by atomic mass is 31.2. The third kappa shape index (κ3) is 6.33. The lowest BCUT2D eigenvalue weighted by Gasteiger charge is -2.03. The molecule has 0 aliphatic carbocycles. The number of carbonyl (C=O) groups excluding carboxylic acids is 1. The van der Waals surface area contributed by atoms with Gasteiger partial charge in [0.15, 0.2) is 0 Å². The molecule has 7 heteroatoms. The first-order chi connectivity index (χ1) is 5.87. The smallest absolute Gasteiger partial charge is 0.463 e. The van der Waals surface area contributed by atoms with E-state index in [9.17, 15) is 9.36 Å². The summed E-state index contributed by atoms with van der Waals surface area (Å²) in [6, 6.07) is 0. The van der Waals surface area contributed by atoms with E-state index in [1.807, 2.05) is 0 Å². The lowest BCUT2D eigenvalue weighted by molar-refractivity contribution is -0.138. The van der Waals surface area contributed by atoms with Crippen LogP contribution in [0.3, 0.4) is 0 Å². The van der Waals surface area contributed by atoms with Crippen LogP contribution in [-0.2, 0) is 18.6 Å². The van der Waals surface area contributed by atoms with Crippen molar-refractivity contribution >= 4 is 13.8 Å². The van der Waals surface area contributed by atoms with Gasteiger partial charge in [-0.2, -0.15) is 0 Å². The van der Waals surface area contributed by atoms with Crippen molar-refractivity contribution < 1.29 is 28.4 Å². The van der Waals surface area contributed by atoms with E-state index in [1.165, 1.54) is 6.92 Å². The fourth-order valence-electron chi connectivity index (χ4n) is 0.441. The second kappa shape index (κ2) is 5.01. The molecule has 6 nitrogen and oxygen atoms in total. The van der Waals surface area contributed by atoms with Crippen LogP contribution < -0.4 is 0 Å². The zero-order valence-corrected chi connectivity index (χ0v) is 8.15. The van der Waals surface area contributed by atoms with Crippen LogP contribution in [0.15, 0.2) is 11.8 Å². The van der Waals surface area contributed by atoms with Gasteiger partial charge in [-0.25, -0.2) is 9.36 Å². The lowest BCUT2D eigenvalue weighted by Crippen LogP contribution is -2.05. The molecule has 0 rings (SSSR count). The molecule has 0 heterocycles. The molecular formula is C6H11O6P. The Morgan fingerprint density at radius 1 is 1.54 bits per heavy atom. The van der Waals surface area contributed by atoms with Gasteiger partial charge < -0.3 is 9.26 Å². The summed E-state index contributed by atoms with van der Waals surface area (Å²) in [5.74, 6) is -0.670. The number of phosphoric ester groups is 1. The Balaban J connectivity index is 4.17. The van der Waals surface area contributed by atoms with E-state index in [1.54, 1.807) is 6.92 Å². The van der Waals surface area contributed by atoms with Gasteiger partial charge in [-0.15, -0.1) is 0 Å². The molecule has 0 aliphatic rings. The summed E-state index contributed by atoms with van der Waals surface area (Å²) in [6.45, 7) is 3.14. The molecule has 2 N–H and O–H groups in total. The monoisotopic (exact) mass is 210 g/mol. The lowest BCUT2D eigenvalue weighted by atomic mass is 10.3. The summed E-state index contributed by atoms with van der Waals surface area (Å²) in [5, 5.41) is 0. The molecule has 76 valence electrons. The highest BCUT2D eigenvalue weighted by Gasteiger charge is 2.14. The number of ether oxygens (including phenoxy) is 1. The Kier molecular flexibility index (Phi) is 4.69. The highest BCUT2D eigenvalue weighted by Crippen LogP contribution is 2.36. The van der Waals surface area contributed by atoms with Crippen LogP contribution in [0.4, 0.5) is 0 Å². The summed E-state index contributed by atoms with van der Waals surface area (Å²) < 4.78 is 18.7. The third-order valence-electron chi connectivity index (χ3n) is 0.964. The topological polar surface area (TPSA) is 93.1 Å². The zero-order valence-electron chi connectivity index (χ0n) is 7.26. The van der Waals surface area contributed by atoms with Gasteiger partial charge in [0, 0.05) is 0 Å². The van der Waals surface area contributed by atoms with Crippen molar-refractivity contribution in [2.75, 3.05) is 6.61 Å². The van der Waals surface area contributed by atoms with Crippen molar-refractivity contribution in [3.8, 4) is 0 Å². The van der Waals surface area contributed by atoms with E-state index in [0.29, 0.717) is 6.26 Å². The van der Waals surface area contributed by atoms with Crippen LogP contribution in [0.1, 0.15) is 13.8 Å². The van der Waals surface area contributed by atoms with E-state index in [0.717, 1.165) is 0 Å². The minimum absolute atomic E-state index is 0.00910. The number of phosphoric acid groups is 1. The second-order valence-corrected chi connectivity index (χ2v) is 3.31. The van der Waals surface area contributed by atoms with E-state index >= 15 is 0 Å². The average molecular weight is 210 g/mol. The maximum absolute atomic E-state index is 10.8. The summed E-state index contributed by atoms with van der Waals surface area (Å²) in [4.78, 5) is 27.4. The van der Waals surface area contributed by atoms with Crippen molar-refractivity contribution in [3.63, 3.8) is 0 Å². The molecule has 0 bridgehead atoms. The molecule has 0 radical (unpaired) electrons. The van der Waals surface area contributed by atoms with Gasteiger partial charge in [0.1, 0.15) is 6.26 Å². The maximum Gasteiger partial charge on any atom is 0.524 e. The molecule has 13 heavy (non-hydrogen) atoms. The Morgan fingerprint density at radius 3 is 2.46 bits per heavy atom. The van der Waals surface area contributed by atoms with Gasteiger partial charge >= 0.3 is 13.8 Å². The SMILES string of the molecule is CCOC(=O)C(C)=COP(=O)(O)O. The molecule has 0 aromatic heterocycles. The molecular weight excluding hydrogens is 199 g/mol. The molecule has 0 unspecified atom stereocenters. The van der Waals surface area contributed by atoms with Gasteiger partial charge in [-0.3, -0.25) is 9.79 Å². The van der Waals surface area contributed by atoms with Gasteiger partial charge in [0.25, 0.3) is 0 Å². The predicted molar refractivity (Wildman–Crippen MR) is 43.5 cm³/mol. The molecule has 0 saturated heterocycles. The van der Waals surface area contributed by atoms with Crippen molar-refractivity contribution in [1.29, 1.82) is 0 Å². The van der Waals surface area contributed by atoms with Crippen molar-refractivity contribution in [3.05, 3.63) is 11.8 Å². The zero-order chi connectivity index (χ0) is 10.5. The summed E-state index contributed by atoms with van der Waals surface area (Å²) in [5.41, 5.74) is -0.00910. The molecule has 0 saturated carbocycles. The predicted octanol–water partition coefficient (Wildman–Crippen LogP) is 0.563. The second-order valence-electron chi connectivity index (χ2n) is 2.12. The molecule has 0 atom stereocenters. The van der Waals surface area contributed by atoms with Crippen molar-refractivity contribution in [2.45, 2.75) is 13.8 Å². The Hall–Kier alpha value is -0.840. The molecule has 0 aromatic rings.